The number of aromatic nitrogens is 1. The molecule has 0 fully saturated rings. The van der Waals surface area contributed by atoms with Gasteiger partial charge < -0.3 is 19.5 Å². The Labute approximate surface area is 173 Å². The van der Waals surface area contributed by atoms with Gasteiger partial charge in [0.2, 0.25) is 0 Å². The topological polar surface area (TPSA) is 98.0 Å². The number of nitrogens with zero attached hydrogens (tertiary/aromatic N) is 3. The molecule has 0 bridgehead atoms. The van der Waals surface area contributed by atoms with Crippen molar-refractivity contribution in [2.24, 2.45) is 0 Å². The van der Waals surface area contributed by atoms with Crippen molar-refractivity contribution in [3.63, 3.8) is 0 Å². The van der Waals surface area contributed by atoms with Crippen molar-refractivity contribution in [3.05, 3.63) is 75.8 Å². The molecule has 1 aliphatic heterocycles. The second-order valence-corrected chi connectivity index (χ2v) is 6.92. The predicted molar refractivity (Wildman–Crippen MR) is 112 cm³/mol. The lowest BCUT2D eigenvalue weighted by Gasteiger charge is -2.34. The Hall–Kier alpha value is -3.65. The molecule has 1 unspecified atom stereocenters. The highest BCUT2D eigenvalue weighted by molar-refractivity contribution is 5.71. The van der Waals surface area contributed by atoms with E-state index in [1.54, 1.807) is 44.6 Å². The lowest BCUT2D eigenvalue weighted by atomic mass is 9.95. The zero-order valence-corrected chi connectivity index (χ0v) is 16.6. The largest absolute Gasteiger partial charge is 0.496 e. The van der Waals surface area contributed by atoms with Crippen molar-refractivity contribution >= 4 is 11.5 Å². The lowest BCUT2D eigenvalue weighted by molar-refractivity contribution is -0.384. The van der Waals surface area contributed by atoms with Gasteiger partial charge in [-0.3, -0.25) is 10.1 Å². The standard InChI is InChI=1S/C22H21N3O5/c1-29-18-9-10-19(30-2)21-15(18)12-24(13-17(21)26)20-11-8-16(25(27)28)22(23-20)14-6-4-3-5-7-14/h3-11,17,26H,12-13H2,1-2H3. The molecule has 0 radical (unpaired) electrons. The zero-order valence-electron chi connectivity index (χ0n) is 16.6. The van der Waals surface area contributed by atoms with Gasteiger partial charge in [-0.15, -0.1) is 0 Å². The number of aliphatic hydroxyl groups excluding tert-OH is 1. The first kappa shape index (κ1) is 19.7. The number of benzene rings is 2. The molecule has 0 spiro atoms. The summed E-state index contributed by atoms with van der Waals surface area (Å²) in [5.74, 6) is 1.77. The van der Waals surface area contributed by atoms with Gasteiger partial charge in [0.25, 0.3) is 5.69 Å². The lowest BCUT2D eigenvalue weighted by Crippen LogP contribution is -2.34. The third kappa shape index (κ3) is 3.42. The maximum Gasteiger partial charge on any atom is 0.295 e. The Morgan fingerprint density at radius 1 is 1.07 bits per heavy atom. The first-order chi connectivity index (χ1) is 14.5. The van der Waals surface area contributed by atoms with Gasteiger partial charge in [0.15, 0.2) is 5.69 Å². The Morgan fingerprint density at radius 2 is 1.77 bits per heavy atom. The van der Waals surface area contributed by atoms with E-state index in [9.17, 15) is 15.2 Å². The minimum Gasteiger partial charge on any atom is -0.496 e. The SMILES string of the molecule is COc1ccc(OC)c2c1CN(c1ccc([N+](=O)[O-])c(-c3ccccc3)n1)CC2O. The number of hydrogen-bond donors (Lipinski definition) is 1. The molecule has 8 nitrogen and oxygen atoms in total. The average molecular weight is 407 g/mol. The molecule has 0 amide bonds. The summed E-state index contributed by atoms with van der Waals surface area (Å²) in [6, 6.07) is 15.7. The van der Waals surface area contributed by atoms with E-state index < -0.39 is 11.0 Å². The number of methoxy groups -OCH3 is 2. The molecule has 30 heavy (non-hydrogen) atoms. The van der Waals surface area contributed by atoms with Crippen molar-refractivity contribution in [3.8, 4) is 22.8 Å². The van der Waals surface area contributed by atoms with E-state index in [2.05, 4.69) is 4.98 Å². The molecule has 1 N–H and O–H groups in total. The van der Waals surface area contributed by atoms with E-state index in [-0.39, 0.29) is 17.9 Å². The van der Waals surface area contributed by atoms with Crippen LogP contribution < -0.4 is 14.4 Å². The first-order valence-corrected chi connectivity index (χ1v) is 9.41. The number of anilines is 1. The van der Waals surface area contributed by atoms with Crippen molar-refractivity contribution in [1.82, 2.24) is 4.98 Å². The Balaban J connectivity index is 1.79. The quantitative estimate of drug-likeness (QED) is 0.508. The highest BCUT2D eigenvalue weighted by Crippen LogP contribution is 2.41. The van der Waals surface area contributed by atoms with Crippen LogP contribution in [0, 0.1) is 10.1 Å². The van der Waals surface area contributed by atoms with E-state index in [0.29, 0.717) is 35.0 Å². The summed E-state index contributed by atoms with van der Waals surface area (Å²) >= 11 is 0. The van der Waals surface area contributed by atoms with Crippen LogP contribution in [0.2, 0.25) is 0 Å². The first-order valence-electron chi connectivity index (χ1n) is 9.41. The summed E-state index contributed by atoms with van der Waals surface area (Å²) < 4.78 is 10.9. The molecule has 1 aliphatic rings. The van der Waals surface area contributed by atoms with Crippen LogP contribution in [0.1, 0.15) is 17.2 Å². The number of hydrogen-bond acceptors (Lipinski definition) is 7. The number of rotatable bonds is 5. The fraction of sp³-hybridized carbons (Fsp3) is 0.227. The second kappa shape index (κ2) is 8.00. The van der Waals surface area contributed by atoms with E-state index in [4.69, 9.17) is 9.47 Å². The van der Waals surface area contributed by atoms with Crippen LogP contribution in [-0.4, -0.2) is 35.8 Å². The molecule has 154 valence electrons. The Morgan fingerprint density at radius 3 is 2.43 bits per heavy atom. The molecule has 2 heterocycles. The second-order valence-electron chi connectivity index (χ2n) is 6.92. The molecule has 8 heteroatoms. The number of pyridine rings is 1. The minimum atomic E-state index is -0.823. The normalized spacial score (nSPS) is 15.4. The fourth-order valence-corrected chi connectivity index (χ4v) is 3.82. The van der Waals surface area contributed by atoms with E-state index in [0.717, 1.165) is 5.56 Å². The van der Waals surface area contributed by atoms with Crippen molar-refractivity contribution in [2.45, 2.75) is 12.6 Å². The minimum absolute atomic E-state index is 0.0674. The van der Waals surface area contributed by atoms with Gasteiger partial charge in [-0.25, -0.2) is 4.98 Å². The number of nitro groups is 1. The van der Waals surface area contributed by atoms with Crippen molar-refractivity contribution < 1.29 is 19.5 Å². The number of aliphatic hydroxyl groups is 1. The number of fused-ring (bicyclic) bond motifs is 1. The average Bonchev–Trinajstić information content (AvgIpc) is 2.78. The molecule has 4 rings (SSSR count). The van der Waals surface area contributed by atoms with Gasteiger partial charge in [-0.05, 0) is 18.2 Å². The van der Waals surface area contributed by atoms with Gasteiger partial charge in [0.05, 0.1) is 25.7 Å². The summed E-state index contributed by atoms with van der Waals surface area (Å²) in [7, 11) is 3.14. The molecule has 0 saturated carbocycles. The summed E-state index contributed by atoms with van der Waals surface area (Å²) in [5, 5.41) is 22.4. The third-order valence-electron chi connectivity index (χ3n) is 5.22. The molecule has 1 aromatic heterocycles. The monoisotopic (exact) mass is 407 g/mol. The fourth-order valence-electron chi connectivity index (χ4n) is 3.82. The highest BCUT2D eigenvalue weighted by atomic mass is 16.6. The van der Waals surface area contributed by atoms with Gasteiger partial charge in [0, 0.05) is 29.3 Å². The van der Waals surface area contributed by atoms with Crippen LogP contribution >= 0.6 is 0 Å². The van der Waals surface area contributed by atoms with Crippen LogP contribution in [0.15, 0.2) is 54.6 Å². The Bertz CT molecular complexity index is 1090. The zero-order chi connectivity index (χ0) is 21.3. The number of ether oxygens (including phenoxy) is 2. The maximum absolute atomic E-state index is 11.5. The smallest absolute Gasteiger partial charge is 0.295 e. The van der Waals surface area contributed by atoms with Gasteiger partial charge in [-0.2, -0.15) is 0 Å². The third-order valence-corrected chi connectivity index (χ3v) is 5.22. The van der Waals surface area contributed by atoms with Gasteiger partial charge in [0.1, 0.15) is 23.4 Å². The molecule has 0 saturated heterocycles. The van der Waals surface area contributed by atoms with Crippen LogP contribution in [0.3, 0.4) is 0 Å². The molecule has 3 aromatic rings. The number of β-amino-alcohol motifs (C(OH)–C–C–N with tert-alkyl or cyclic N) is 1. The summed E-state index contributed by atoms with van der Waals surface area (Å²) in [4.78, 5) is 17.6. The maximum atomic E-state index is 11.5. The van der Waals surface area contributed by atoms with Gasteiger partial charge >= 0.3 is 0 Å². The summed E-state index contributed by atoms with van der Waals surface area (Å²) in [5.41, 5.74) is 2.37. The molecular formula is C22H21N3O5. The predicted octanol–water partition coefficient (Wildman–Crippen LogP) is 3.73. The highest BCUT2D eigenvalue weighted by Gasteiger charge is 2.31. The summed E-state index contributed by atoms with van der Waals surface area (Å²) in [6.07, 6.45) is -0.823. The van der Waals surface area contributed by atoms with E-state index >= 15 is 0 Å². The van der Waals surface area contributed by atoms with Crippen molar-refractivity contribution in [2.75, 3.05) is 25.7 Å². The van der Waals surface area contributed by atoms with Gasteiger partial charge in [-0.1, -0.05) is 30.3 Å². The van der Waals surface area contributed by atoms with Crippen LogP contribution in [0.25, 0.3) is 11.3 Å². The molecule has 0 aliphatic carbocycles. The van der Waals surface area contributed by atoms with Crippen molar-refractivity contribution in [1.29, 1.82) is 0 Å². The Kier molecular flexibility index (Phi) is 5.24. The summed E-state index contributed by atoms with van der Waals surface area (Å²) in [6.45, 7) is 0.696. The molecule has 1 atom stereocenters. The van der Waals surface area contributed by atoms with Crippen LogP contribution in [0.5, 0.6) is 11.5 Å². The van der Waals surface area contributed by atoms with E-state index in [1.807, 2.05) is 23.1 Å². The molecule has 2 aromatic carbocycles. The van der Waals surface area contributed by atoms with Crippen LogP contribution in [-0.2, 0) is 6.54 Å². The van der Waals surface area contributed by atoms with Crippen LogP contribution in [0.4, 0.5) is 11.5 Å². The van der Waals surface area contributed by atoms with E-state index in [1.165, 1.54) is 6.07 Å². The molecular weight excluding hydrogens is 386 g/mol.